The third-order valence-electron chi connectivity index (χ3n) is 5.96. The van der Waals surface area contributed by atoms with Crippen molar-refractivity contribution in [3.05, 3.63) is 64.9 Å². The Morgan fingerprint density at radius 3 is 2.85 bits per heavy atom. The molecule has 34 heavy (non-hydrogen) atoms. The topological polar surface area (TPSA) is 120 Å². The molecular weight excluding hydrogens is 458 g/mol. The number of morpholine rings is 1. The van der Waals surface area contributed by atoms with E-state index in [2.05, 4.69) is 25.1 Å². The zero-order valence-electron chi connectivity index (χ0n) is 18.5. The highest BCUT2D eigenvalue weighted by Gasteiger charge is 2.28. The maximum atomic E-state index is 10.8. The van der Waals surface area contributed by atoms with Gasteiger partial charge < -0.3 is 24.7 Å². The number of aromatic nitrogens is 4. The van der Waals surface area contributed by atoms with Crippen LogP contribution in [-0.4, -0.2) is 74.7 Å². The molecule has 1 saturated heterocycles. The molecule has 1 fully saturated rings. The molecule has 0 amide bonds. The molecule has 0 atom stereocenters. The summed E-state index contributed by atoms with van der Waals surface area (Å²) in [6.07, 6.45) is 3.21. The molecule has 0 bridgehead atoms. The summed E-state index contributed by atoms with van der Waals surface area (Å²) < 4.78 is 11.2. The molecule has 0 radical (unpaired) electrons. The minimum absolute atomic E-state index is 0.0383. The highest BCUT2D eigenvalue weighted by atomic mass is 35.5. The zero-order chi connectivity index (χ0) is 23.5. The molecule has 0 spiro atoms. The number of aliphatic hydroxyl groups is 2. The van der Waals surface area contributed by atoms with Gasteiger partial charge >= 0.3 is 0 Å². The van der Waals surface area contributed by atoms with Crippen LogP contribution in [0.5, 0.6) is 5.75 Å². The summed E-state index contributed by atoms with van der Waals surface area (Å²) >= 11 is 6.41. The predicted molar refractivity (Wildman–Crippen MR) is 128 cm³/mol. The quantitative estimate of drug-likeness (QED) is 0.284. The van der Waals surface area contributed by atoms with E-state index in [0.717, 1.165) is 43.9 Å². The number of rotatable bonds is 8. The second-order valence-corrected chi connectivity index (χ2v) is 8.74. The fourth-order valence-electron chi connectivity index (χ4n) is 4.09. The second-order valence-electron chi connectivity index (χ2n) is 8.34. The van der Waals surface area contributed by atoms with Crippen molar-refractivity contribution in [1.82, 2.24) is 25.1 Å². The molecule has 1 aromatic carbocycles. The number of ether oxygens (including phenoxy) is 2. The average molecular weight is 484 g/mol. The van der Waals surface area contributed by atoms with Crippen molar-refractivity contribution < 1.29 is 19.7 Å². The van der Waals surface area contributed by atoms with E-state index >= 15 is 0 Å². The molecule has 1 aliphatic rings. The van der Waals surface area contributed by atoms with Gasteiger partial charge in [-0.25, -0.2) is 4.98 Å². The van der Waals surface area contributed by atoms with E-state index in [1.807, 2.05) is 12.1 Å². The van der Waals surface area contributed by atoms with Crippen LogP contribution in [0.4, 0.5) is 0 Å². The molecule has 178 valence electrons. The van der Waals surface area contributed by atoms with Gasteiger partial charge in [-0.05, 0) is 35.9 Å². The molecule has 3 aromatic heterocycles. The summed E-state index contributed by atoms with van der Waals surface area (Å²) in [6, 6.07) is 10.7. The summed E-state index contributed by atoms with van der Waals surface area (Å²) in [7, 11) is 0. The van der Waals surface area contributed by atoms with Gasteiger partial charge in [0.2, 0.25) is 0 Å². The molecule has 4 N–H and O–H groups in total. The van der Waals surface area contributed by atoms with Gasteiger partial charge in [-0.1, -0.05) is 17.7 Å². The Labute approximate surface area is 201 Å². The van der Waals surface area contributed by atoms with Gasteiger partial charge in [0.15, 0.2) is 11.4 Å². The molecular formula is C24H26ClN5O4. The standard InChI is InChI=1S/C24H26ClN5O4/c25-19-12-16(3-4-21(19)34-11-8-30-6-9-33-10-7-30)14-24(31,32)17-13-20(27-15-17)22-18-2-1-5-26-23(18)29-28-22/h1-5,12-13,15,27,31-32H,6-11,14H2,(H,26,28,29). The molecule has 4 heterocycles. The minimum atomic E-state index is -2.09. The Morgan fingerprint density at radius 2 is 2.03 bits per heavy atom. The Morgan fingerprint density at radius 1 is 1.18 bits per heavy atom. The van der Waals surface area contributed by atoms with E-state index in [0.29, 0.717) is 39.8 Å². The van der Waals surface area contributed by atoms with E-state index < -0.39 is 5.79 Å². The lowest BCUT2D eigenvalue weighted by Crippen LogP contribution is -2.38. The van der Waals surface area contributed by atoms with Crippen LogP contribution in [0.2, 0.25) is 5.02 Å². The van der Waals surface area contributed by atoms with Crippen molar-refractivity contribution >= 4 is 22.6 Å². The van der Waals surface area contributed by atoms with Crippen molar-refractivity contribution in [2.24, 2.45) is 0 Å². The smallest absolute Gasteiger partial charge is 0.195 e. The van der Waals surface area contributed by atoms with Crippen molar-refractivity contribution in [3.63, 3.8) is 0 Å². The van der Waals surface area contributed by atoms with Crippen LogP contribution >= 0.6 is 11.6 Å². The maximum absolute atomic E-state index is 10.8. The van der Waals surface area contributed by atoms with Crippen molar-refractivity contribution in [2.75, 3.05) is 39.5 Å². The number of H-pyrrole nitrogens is 2. The number of hydrogen-bond acceptors (Lipinski definition) is 7. The van der Waals surface area contributed by atoms with Crippen LogP contribution in [0.25, 0.3) is 22.4 Å². The number of nitrogens with one attached hydrogen (secondary N) is 2. The summed E-state index contributed by atoms with van der Waals surface area (Å²) in [4.78, 5) is 9.58. The van der Waals surface area contributed by atoms with Gasteiger partial charge in [-0.2, -0.15) is 5.10 Å². The molecule has 0 aliphatic carbocycles. The first-order valence-corrected chi connectivity index (χ1v) is 11.5. The highest BCUT2D eigenvalue weighted by Crippen LogP contribution is 2.32. The number of pyridine rings is 1. The van der Waals surface area contributed by atoms with Gasteiger partial charge in [0, 0.05) is 49.4 Å². The van der Waals surface area contributed by atoms with Gasteiger partial charge in [0.05, 0.1) is 29.6 Å². The van der Waals surface area contributed by atoms with Crippen LogP contribution < -0.4 is 4.74 Å². The normalized spacial score (nSPS) is 15.1. The molecule has 1 aliphatic heterocycles. The summed E-state index contributed by atoms with van der Waals surface area (Å²) in [6.45, 7) is 4.62. The number of halogens is 1. The third-order valence-corrected chi connectivity index (χ3v) is 6.26. The Hall–Kier alpha value is -2.95. The van der Waals surface area contributed by atoms with Crippen LogP contribution in [0.1, 0.15) is 11.1 Å². The molecule has 0 saturated carbocycles. The predicted octanol–water partition coefficient (Wildman–Crippen LogP) is 2.70. The first-order chi connectivity index (χ1) is 16.5. The molecule has 5 rings (SSSR count). The number of hydrogen-bond donors (Lipinski definition) is 4. The van der Waals surface area contributed by atoms with Gasteiger partial charge in [-0.3, -0.25) is 10.00 Å². The van der Waals surface area contributed by atoms with Gasteiger partial charge in [0.1, 0.15) is 12.4 Å². The first kappa shape index (κ1) is 22.8. The summed E-state index contributed by atoms with van der Waals surface area (Å²) in [5.41, 5.74) is 3.01. The average Bonchev–Trinajstić information content (AvgIpc) is 3.49. The Bertz CT molecular complexity index is 1270. The number of aromatic amines is 2. The van der Waals surface area contributed by atoms with Crippen LogP contribution in [0.3, 0.4) is 0 Å². The first-order valence-electron chi connectivity index (χ1n) is 11.1. The third kappa shape index (κ3) is 4.94. The monoisotopic (exact) mass is 483 g/mol. The number of fused-ring (bicyclic) bond motifs is 1. The van der Waals surface area contributed by atoms with E-state index in [9.17, 15) is 10.2 Å². The molecule has 4 aromatic rings. The lowest BCUT2D eigenvalue weighted by molar-refractivity contribution is -0.168. The molecule has 10 heteroatoms. The van der Waals surface area contributed by atoms with E-state index in [-0.39, 0.29) is 6.42 Å². The minimum Gasteiger partial charge on any atom is -0.491 e. The molecule has 9 nitrogen and oxygen atoms in total. The van der Waals surface area contributed by atoms with Crippen molar-refractivity contribution in [2.45, 2.75) is 12.2 Å². The number of nitrogens with zero attached hydrogens (tertiary/aromatic N) is 3. The molecule has 0 unspecified atom stereocenters. The zero-order valence-corrected chi connectivity index (χ0v) is 19.3. The Kier molecular flexibility index (Phi) is 6.53. The van der Waals surface area contributed by atoms with Crippen LogP contribution in [0.15, 0.2) is 48.8 Å². The lowest BCUT2D eigenvalue weighted by Gasteiger charge is -2.26. The largest absolute Gasteiger partial charge is 0.491 e. The van der Waals surface area contributed by atoms with Gasteiger partial charge in [-0.15, -0.1) is 0 Å². The van der Waals surface area contributed by atoms with E-state index in [4.69, 9.17) is 21.1 Å². The summed E-state index contributed by atoms with van der Waals surface area (Å²) in [5, 5.41) is 30.0. The second kappa shape index (κ2) is 9.73. The SMILES string of the molecule is OC(O)(Cc1ccc(OCCN2CCOCC2)c(Cl)c1)c1c[nH]c(-c2[nH]nc3ncccc23)c1. The highest BCUT2D eigenvalue weighted by molar-refractivity contribution is 6.32. The van der Waals surface area contributed by atoms with Crippen molar-refractivity contribution in [3.8, 4) is 17.1 Å². The van der Waals surface area contributed by atoms with E-state index in [1.54, 1.807) is 36.7 Å². The van der Waals surface area contributed by atoms with Crippen LogP contribution in [-0.2, 0) is 16.9 Å². The maximum Gasteiger partial charge on any atom is 0.195 e. The van der Waals surface area contributed by atoms with Gasteiger partial charge in [0.25, 0.3) is 0 Å². The summed E-state index contributed by atoms with van der Waals surface area (Å²) in [5.74, 6) is -1.52. The fraction of sp³-hybridized carbons (Fsp3) is 0.333. The Balaban J connectivity index is 1.24. The van der Waals surface area contributed by atoms with Crippen LogP contribution in [0, 0.1) is 0 Å². The van der Waals surface area contributed by atoms with Crippen molar-refractivity contribution in [1.29, 1.82) is 0 Å². The van der Waals surface area contributed by atoms with E-state index in [1.165, 1.54) is 0 Å². The fourth-order valence-corrected chi connectivity index (χ4v) is 4.35. The number of benzene rings is 1. The lowest BCUT2D eigenvalue weighted by atomic mass is 9.99.